The normalized spacial score (nSPS) is 19.9. The number of carbonyl (C=O) groups excluding carboxylic acids is 2. The Morgan fingerprint density at radius 1 is 1.26 bits per heavy atom. The number of nitrogens with zero attached hydrogens (tertiary/aromatic N) is 2. The average molecular weight is 268 g/mol. The lowest BCUT2D eigenvalue weighted by Gasteiger charge is -2.32. The minimum Gasteiger partial charge on any atom is -0.342 e. The van der Waals surface area contributed by atoms with E-state index in [9.17, 15) is 9.59 Å². The molecule has 19 heavy (non-hydrogen) atoms. The van der Waals surface area contributed by atoms with Crippen LogP contribution in [0, 0.1) is 5.92 Å². The van der Waals surface area contributed by atoms with Gasteiger partial charge >= 0.3 is 0 Å². The van der Waals surface area contributed by atoms with Crippen LogP contribution in [0.25, 0.3) is 0 Å². The standard InChI is InChI=1S/C15H28N2O2/c1-6-8-16(9-7-2)14(19)12-10-13(18)17(11-12)15(3,4)5/h12H,6-11H2,1-5H3/t12-/m1/s1. The molecule has 1 heterocycles. The van der Waals surface area contributed by atoms with Crippen LogP contribution >= 0.6 is 0 Å². The highest BCUT2D eigenvalue weighted by atomic mass is 16.2. The Bertz CT molecular complexity index is 328. The van der Waals surface area contributed by atoms with Gasteiger partial charge in [0.2, 0.25) is 11.8 Å². The molecule has 1 aliphatic heterocycles. The van der Waals surface area contributed by atoms with Gasteiger partial charge in [-0.2, -0.15) is 0 Å². The first-order valence-corrected chi connectivity index (χ1v) is 7.40. The fourth-order valence-corrected chi connectivity index (χ4v) is 2.65. The minimum atomic E-state index is -0.188. The second-order valence-electron chi connectivity index (χ2n) is 6.40. The fourth-order valence-electron chi connectivity index (χ4n) is 2.65. The molecule has 0 aliphatic carbocycles. The molecule has 0 bridgehead atoms. The van der Waals surface area contributed by atoms with E-state index in [2.05, 4.69) is 13.8 Å². The fraction of sp³-hybridized carbons (Fsp3) is 0.867. The van der Waals surface area contributed by atoms with Crippen molar-refractivity contribution in [2.75, 3.05) is 19.6 Å². The number of likely N-dealkylation sites (tertiary alicyclic amines) is 1. The SMILES string of the molecule is CCCN(CCC)C(=O)[C@@H]1CC(=O)N(C(C)(C)C)C1. The van der Waals surface area contributed by atoms with Gasteiger partial charge in [-0.25, -0.2) is 0 Å². The van der Waals surface area contributed by atoms with Gasteiger partial charge in [0.15, 0.2) is 0 Å². The van der Waals surface area contributed by atoms with Crippen LogP contribution in [0.5, 0.6) is 0 Å². The molecule has 4 heteroatoms. The second-order valence-corrected chi connectivity index (χ2v) is 6.40. The molecule has 0 unspecified atom stereocenters. The van der Waals surface area contributed by atoms with Crippen molar-refractivity contribution in [3.8, 4) is 0 Å². The zero-order valence-electron chi connectivity index (χ0n) is 13.0. The molecule has 2 amide bonds. The summed E-state index contributed by atoms with van der Waals surface area (Å²) in [5, 5.41) is 0. The molecule has 0 radical (unpaired) electrons. The first kappa shape index (κ1) is 16.0. The molecular weight excluding hydrogens is 240 g/mol. The van der Waals surface area contributed by atoms with Gasteiger partial charge in [0.05, 0.1) is 5.92 Å². The average Bonchev–Trinajstić information content (AvgIpc) is 2.70. The summed E-state index contributed by atoms with van der Waals surface area (Å²) in [4.78, 5) is 28.3. The molecule has 0 spiro atoms. The van der Waals surface area contributed by atoms with Crippen molar-refractivity contribution in [3.05, 3.63) is 0 Å². The van der Waals surface area contributed by atoms with Crippen molar-refractivity contribution in [2.45, 2.75) is 59.4 Å². The van der Waals surface area contributed by atoms with Crippen LogP contribution in [-0.2, 0) is 9.59 Å². The third kappa shape index (κ3) is 3.95. The van der Waals surface area contributed by atoms with Crippen LogP contribution in [0.2, 0.25) is 0 Å². The molecule has 1 fully saturated rings. The van der Waals surface area contributed by atoms with Gasteiger partial charge in [-0.1, -0.05) is 13.8 Å². The van der Waals surface area contributed by atoms with E-state index in [1.54, 1.807) is 0 Å². The van der Waals surface area contributed by atoms with Gasteiger partial charge in [-0.05, 0) is 33.6 Å². The second kappa shape index (κ2) is 6.40. The molecule has 1 rings (SSSR count). The van der Waals surface area contributed by atoms with Crippen molar-refractivity contribution < 1.29 is 9.59 Å². The van der Waals surface area contributed by atoms with E-state index in [1.165, 1.54) is 0 Å². The lowest BCUT2D eigenvalue weighted by molar-refractivity contribution is -0.136. The maximum absolute atomic E-state index is 12.5. The molecule has 0 saturated carbocycles. The predicted octanol–water partition coefficient (Wildman–Crippen LogP) is 2.28. The van der Waals surface area contributed by atoms with E-state index in [4.69, 9.17) is 0 Å². The van der Waals surface area contributed by atoms with Crippen LogP contribution in [0.3, 0.4) is 0 Å². The van der Waals surface area contributed by atoms with Crippen molar-refractivity contribution in [1.29, 1.82) is 0 Å². The zero-order valence-corrected chi connectivity index (χ0v) is 13.0. The van der Waals surface area contributed by atoms with Gasteiger partial charge in [0, 0.05) is 31.6 Å². The summed E-state index contributed by atoms with van der Waals surface area (Å²) in [6.45, 7) is 12.4. The zero-order chi connectivity index (χ0) is 14.6. The molecule has 0 aromatic heterocycles. The third-order valence-electron chi connectivity index (χ3n) is 3.58. The van der Waals surface area contributed by atoms with E-state index in [1.807, 2.05) is 30.6 Å². The smallest absolute Gasteiger partial charge is 0.227 e. The van der Waals surface area contributed by atoms with Crippen LogP contribution in [0.15, 0.2) is 0 Å². The maximum atomic E-state index is 12.5. The van der Waals surface area contributed by atoms with E-state index in [-0.39, 0.29) is 23.3 Å². The van der Waals surface area contributed by atoms with Crippen molar-refractivity contribution in [2.24, 2.45) is 5.92 Å². The Kier molecular flexibility index (Phi) is 5.39. The number of amides is 2. The maximum Gasteiger partial charge on any atom is 0.227 e. The first-order valence-electron chi connectivity index (χ1n) is 7.40. The van der Waals surface area contributed by atoms with E-state index < -0.39 is 0 Å². The van der Waals surface area contributed by atoms with Gasteiger partial charge in [-0.15, -0.1) is 0 Å². The van der Waals surface area contributed by atoms with E-state index in [0.29, 0.717) is 13.0 Å². The number of hydrogen-bond acceptors (Lipinski definition) is 2. The van der Waals surface area contributed by atoms with Gasteiger partial charge in [-0.3, -0.25) is 9.59 Å². The van der Waals surface area contributed by atoms with Crippen LogP contribution < -0.4 is 0 Å². The highest BCUT2D eigenvalue weighted by molar-refractivity contribution is 5.89. The molecule has 110 valence electrons. The highest BCUT2D eigenvalue weighted by Crippen LogP contribution is 2.27. The van der Waals surface area contributed by atoms with Gasteiger partial charge < -0.3 is 9.80 Å². The summed E-state index contributed by atoms with van der Waals surface area (Å²) in [6, 6.07) is 0. The summed E-state index contributed by atoms with van der Waals surface area (Å²) in [6.07, 6.45) is 2.31. The summed E-state index contributed by atoms with van der Waals surface area (Å²) in [5.41, 5.74) is -0.188. The molecule has 1 aliphatic rings. The first-order chi connectivity index (χ1) is 8.81. The van der Waals surface area contributed by atoms with Crippen LogP contribution in [-0.4, -0.2) is 46.8 Å². The molecular formula is C15H28N2O2. The lowest BCUT2D eigenvalue weighted by atomic mass is 10.1. The van der Waals surface area contributed by atoms with Gasteiger partial charge in [0.25, 0.3) is 0 Å². The summed E-state index contributed by atoms with van der Waals surface area (Å²) in [5.74, 6) is 0.118. The van der Waals surface area contributed by atoms with Crippen LogP contribution in [0.1, 0.15) is 53.9 Å². The summed E-state index contributed by atoms with van der Waals surface area (Å²) in [7, 11) is 0. The number of hydrogen-bond donors (Lipinski definition) is 0. The Morgan fingerprint density at radius 2 is 1.79 bits per heavy atom. The largest absolute Gasteiger partial charge is 0.342 e. The molecule has 1 atom stereocenters. The van der Waals surface area contributed by atoms with Crippen molar-refractivity contribution in [1.82, 2.24) is 9.80 Å². The van der Waals surface area contributed by atoms with Crippen LogP contribution in [0.4, 0.5) is 0 Å². The Morgan fingerprint density at radius 3 is 2.16 bits per heavy atom. The van der Waals surface area contributed by atoms with Crippen molar-refractivity contribution >= 4 is 11.8 Å². The summed E-state index contributed by atoms with van der Waals surface area (Å²) >= 11 is 0. The van der Waals surface area contributed by atoms with Crippen molar-refractivity contribution in [3.63, 3.8) is 0 Å². The number of rotatable bonds is 5. The molecule has 1 saturated heterocycles. The Hall–Kier alpha value is -1.06. The van der Waals surface area contributed by atoms with E-state index in [0.717, 1.165) is 25.9 Å². The van der Waals surface area contributed by atoms with Gasteiger partial charge in [0.1, 0.15) is 0 Å². The molecule has 0 N–H and O–H groups in total. The quantitative estimate of drug-likeness (QED) is 0.767. The van der Waals surface area contributed by atoms with E-state index >= 15 is 0 Å². The third-order valence-corrected chi connectivity index (χ3v) is 3.58. The monoisotopic (exact) mass is 268 g/mol. The number of carbonyl (C=O) groups is 2. The predicted molar refractivity (Wildman–Crippen MR) is 76.7 cm³/mol. The highest BCUT2D eigenvalue weighted by Gasteiger charge is 2.40. The Balaban J connectivity index is 2.71. The molecule has 0 aromatic carbocycles. The molecule has 0 aromatic rings. The Labute approximate surface area is 117 Å². The topological polar surface area (TPSA) is 40.6 Å². The summed E-state index contributed by atoms with van der Waals surface area (Å²) < 4.78 is 0. The lowest BCUT2D eigenvalue weighted by Crippen LogP contribution is -2.44. The molecule has 4 nitrogen and oxygen atoms in total. The minimum absolute atomic E-state index is 0.110.